The lowest BCUT2D eigenvalue weighted by atomic mass is 9.97. The van der Waals surface area contributed by atoms with Gasteiger partial charge in [0.15, 0.2) is 0 Å². The van der Waals surface area contributed by atoms with Crippen LogP contribution in [0, 0.1) is 0 Å². The molecule has 0 bridgehead atoms. The fourth-order valence-electron chi connectivity index (χ4n) is 1.76. The van der Waals surface area contributed by atoms with E-state index in [0.29, 0.717) is 6.04 Å². The fourth-order valence-corrected chi connectivity index (χ4v) is 1.76. The van der Waals surface area contributed by atoms with E-state index < -0.39 is 0 Å². The molecule has 76 valence electrons. The fraction of sp³-hybridized carbons (Fsp3) is 0.833. The van der Waals surface area contributed by atoms with Gasteiger partial charge in [-0.25, -0.2) is 0 Å². The average Bonchev–Trinajstić information content (AvgIpc) is 2.19. The van der Waals surface area contributed by atoms with Crippen molar-refractivity contribution in [1.82, 2.24) is 5.32 Å². The Morgan fingerprint density at radius 1 is 1.46 bits per heavy atom. The maximum Gasteiger partial charge on any atom is 0.00362 e. The second-order valence-corrected chi connectivity index (χ2v) is 4.12. The molecule has 0 heterocycles. The molecular weight excluding hydrogens is 158 g/mol. The average molecular weight is 181 g/mol. The molecule has 0 amide bonds. The van der Waals surface area contributed by atoms with E-state index in [4.69, 9.17) is 0 Å². The Kier molecular flexibility index (Phi) is 5.14. The van der Waals surface area contributed by atoms with Crippen LogP contribution in [0.5, 0.6) is 0 Å². The highest BCUT2D eigenvalue weighted by Crippen LogP contribution is 2.19. The summed E-state index contributed by atoms with van der Waals surface area (Å²) < 4.78 is 0. The number of hydrogen-bond donors (Lipinski definition) is 1. The van der Waals surface area contributed by atoms with Crippen LogP contribution in [0.2, 0.25) is 0 Å². The summed E-state index contributed by atoms with van der Waals surface area (Å²) in [6.45, 7) is 5.66. The minimum absolute atomic E-state index is 0.684. The SMILES string of the molecule is CCC(C)NCCC1=CCCCC1. The van der Waals surface area contributed by atoms with Gasteiger partial charge < -0.3 is 5.32 Å². The first-order valence-electron chi connectivity index (χ1n) is 5.74. The lowest BCUT2D eigenvalue weighted by Gasteiger charge is -2.15. The van der Waals surface area contributed by atoms with Crippen molar-refractivity contribution in [3.05, 3.63) is 11.6 Å². The summed E-state index contributed by atoms with van der Waals surface area (Å²) in [7, 11) is 0. The van der Waals surface area contributed by atoms with E-state index >= 15 is 0 Å². The van der Waals surface area contributed by atoms with Crippen molar-refractivity contribution in [3.8, 4) is 0 Å². The van der Waals surface area contributed by atoms with Gasteiger partial charge in [0.25, 0.3) is 0 Å². The Labute approximate surface area is 82.6 Å². The Morgan fingerprint density at radius 2 is 2.31 bits per heavy atom. The number of rotatable bonds is 5. The molecule has 0 aromatic heterocycles. The van der Waals surface area contributed by atoms with Crippen molar-refractivity contribution in [2.24, 2.45) is 0 Å². The van der Waals surface area contributed by atoms with E-state index in [9.17, 15) is 0 Å². The minimum atomic E-state index is 0.684. The summed E-state index contributed by atoms with van der Waals surface area (Å²) in [4.78, 5) is 0. The maximum atomic E-state index is 3.54. The topological polar surface area (TPSA) is 12.0 Å². The molecule has 1 N–H and O–H groups in total. The summed E-state index contributed by atoms with van der Waals surface area (Å²) >= 11 is 0. The predicted molar refractivity (Wildman–Crippen MR) is 58.9 cm³/mol. The van der Waals surface area contributed by atoms with Gasteiger partial charge in [-0.1, -0.05) is 18.6 Å². The van der Waals surface area contributed by atoms with Gasteiger partial charge in [0.05, 0.1) is 0 Å². The first-order chi connectivity index (χ1) is 6.33. The first kappa shape index (κ1) is 10.8. The largest absolute Gasteiger partial charge is 0.314 e. The molecule has 13 heavy (non-hydrogen) atoms. The third-order valence-corrected chi connectivity index (χ3v) is 2.94. The lowest BCUT2D eigenvalue weighted by Crippen LogP contribution is -2.26. The van der Waals surface area contributed by atoms with Crippen LogP contribution in [-0.2, 0) is 0 Å². The van der Waals surface area contributed by atoms with Gasteiger partial charge in [-0.3, -0.25) is 0 Å². The summed E-state index contributed by atoms with van der Waals surface area (Å²) in [6, 6.07) is 0.684. The van der Waals surface area contributed by atoms with Crippen LogP contribution in [0.1, 0.15) is 52.4 Å². The van der Waals surface area contributed by atoms with Crippen LogP contribution >= 0.6 is 0 Å². The first-order valence-corrected chi connectivity index (χ1v) is 5.74. The van der Waals surface area contributed by atoms with Crippen molar-refractivity contribution in [2.45, 2.75) is 58.4 Å². The third-order valence-electron chi connectivity index (χ3n) is 2.94. The molecule has 1 rings (SSSR count). The van der Waals surface area contributed by atoms with Crippen LogP contribution < -0.4 is 5.32 Å². The molecule has 1 heteroatoms. The second-order valence-electron chi connectivity index (χ2n) is 4.12. The van der Waals surface area contributed by atoms with Gasteiger partial charge in [-0.05, 0) is 52.0 Å². The van der Waals surface area contributed by atoms with Crippen LogP contribution in [0.25, 0.3) is 0 Å². The molecule has 0 saturated carbocycles. The lowest BCUT2D eigenvalue weighted by molar-refractivity contribution is 0.529. The standard InChI is InChI=1S/C12H23N/c1-3-11(2)13-10-9-12-7-5-4-6-8-12/h7,11,13H,3-6,8-10H2,1-2H3. The van der Waals surface area contributed by atoms with E-state index in [-0.39, 0.29) is 0 Å². The summed E-state index contributed by atoms with van der Waals surface area (Å²) in [5.74, 6) is 0. The number of allylic oxidation sites excluding steroid dienone is 1. The second kappa shape index (κ2) is 6.20. The molecule has 1 unspecified atom stereocenters. The van der Waals surface area contributed by atoms with Crippen molar-refractivity contribution in [2.75, 3.05) is 6.54 Å². The summed E-state index contributed by atoms with van der Waals surface area (Å²) in [6.07, 6.45) is 10.4. The van der Waals surface area contributed by atoms with Gasteiger partial charge in [-0.2, -0.15) is 0 Å². The van der Waals surface area contributed by atoms with Crippen LogP contribution in [0.15, 0.2) is 11.6 Å². The Bertz CT molecular complexity index is 161. The smallest absolute Gasteiger partial charge is 0.00362 e. The van der Waals surface area contributed by atoms with Gasteiger partial charge >= 0.3 is 0 Å². The minimum Gasteiger partial charge on any atom is -0.314 e. The van der Waals surface area contributed by atoms with Gasteiger partial charge in [0.1, 0.15) is 0 Å². The molecule has 1 nitrogen and oxygen atoms in total. The molecule has 1 aliphatic rings. The van der Waals surface area contributed by atoms with E-state index in [0.717, 1.165) is 0 Å². The number of nitrogens with one attached hydrogen (secondary N) is 1. The highest BCUT2D eigenvalue weighted by atomic mass is 14.9. The van der Waals surface area contributed by atoms with Gasteiger partial charge in [-0.15, -0.1) is 0 Å². The number of hydrogen-bond acceptors (Lipinski definition) is 1. The van der Waals surface area contributed by atoms with E-state index in [1.807, 2.05) is 0 Å². The Balaban J connectivity index is 2.08. The zero-order valence-corrected chi connectivity index (χ0v) is 9.10. The quantitative estimate of drug-likeness (QED) is 0.642. The molecule has 0 saturated heterocycles. The molecule has 1 atom stereocenters. The predicted octanol–water partition coefficient (Wildman–Crippen LogP) is 3.27. The van der Waals surface area contributed by atoms with Crippen molar-refractivity contribution in [1.29, 1.82) is 0 Å². The van der Waals surface area contributed by atoms with Crippen molar-refractivity contribution < 1.29 is 0 Å². The molecule has 0 radical (unpaired) electrons. The van der Waals surface area contributed by atoms with Crippen LogP contribution in [0.3, 0.4) is 0 Å². The van der Waals surface area contributed by atoms with E-state index in [1.54, 1.807) is 5.57 Å². The summed E-state index contributed by atoms with van der Waals surface area (Å²) in [5.41, 5.74) is 1.68. The van der Waals surface area contributed by atoms with Crippen molar-refractivity contribution >= 4 is 0 Å². The maximum absolute atomic E-state index is 3.54. The van der Waals surface area contributed by atoms with Crippen LogP contribution in [0.4, 0.5) is 0 Å². The highest BCUT2D eigenvalue weighted by molar-refractivity contribution is 5.05. The zero-order valence-electron chi connectivity index (χ0n) is 9.10. The van der Waals surface area contributed by atoms with E-state index in [1.165, 1.54) is 45.1 Å². The molecule has 0 aromatic rings. The van der Waals surface area contributed by atoms with Crippen molar-refractivity contribution in [3.63, 3.8) is 0 Å². The van der Waals surface area contributed by atoms with Crippen LogP contribution in [-0.4, -0.2) is 12.6 Å². The zero-order chi connectivity index (χ0) is 9.52. The molecule has 0 fully saturated rings. The highest BCUT2D eigenvalue weighted by Gasteiger charge is 2.03. The molecule has 0 aromatic carbocycles. The molecule has 0 spiro atoms. The Hall–Kier alpha value is -0.300. The Morgan fingerprint density at radius 3 is 2.92 bits per heavy atom. The van der Waals surface area contributed by atoms with Gasteiger partial charge in [0.2, 0.25) is 0 Å². The monoisotopic (exact) mass is 181 g/mol. The van der Waals surface area contributed by atoms with Gasteiger partial charge in [0, 0.05) is 6.04 Å². The molecular formula is C12H23N. The van der Waals surface area contributed by atoms with E-state index in [2.05, 4.69) is 25.2 Å². The molecule has 1 aliphatic carbocycles. The molecule has 0 aliphatic heterocycles. The normalized spacial score (nSPS) is 19.7. The summed E-state index contributed by atoms with van der Waals surface area (Å²) in [5, 5.41) is 3.54. The third kappa shape index (κ3) is 4.47.